The van der Waals surface area contributed by atoms with Crippen LogP contribution in [0.1, 0.15) is 5.56 Å². The number of benzene rings is 1. The van der Waals surface area contributed by atoms with Crippen LogP contribution >= 0.6 is 12.4 Å². The highest BCUT2D eigenvalue weighted by molar-refractivity contribution is 5.85. The third-order valence-corrected chi connectivity index (χ3v) is 1.97. The first-order valence-corrected chi connectivity index (χ1v) is 4.23. The average molecular weight is 210 g/mol. The van der Waals surface area contributed by atoms with Crippen molar-refractivity contribution in [3.05, 3.63) is 48.2 Å². The molecule has 0 aliphatic rings. The highest BCUT2D eigenvalue weighted by Gasteiger charge is 1.99. The Kier molecular flexibility index (Phi) is 3.74. The first kappa shape index (κ1) is 10.8. The molecular weight excluding hydrogens is 198 g/mol. The normalized spacial score (nSPS) is 9.50. The molecule has 0 saturated carbocycles. The van der Waals surface area contributed by atoms with Crippen molar-refractivity contribution in [2.45, 2.75) is 6.54 Å². The van der Waals surface area contributed by atoms with Crippen molar-refractivity contribution in [1.29, 1.82) is 0 Å². The van der Waals surface area contributed by atoms with Crippen molar-refractivity contribution >= 4 is 12.4 Å². The molecule has 2 nitrogen and oxygen atoms in total. The summed E-state index contributed by atoms with van der Waals surface area (Å²) in [6.07, 6.45) is 1.67. The minimum atomic E-state index is 0. The van der Waals surface area contributed by atoms with Crippen LogP contribution in [0.15, 0.2) is 47.1 Å². The van der Waals surface area contributed by atoms with Crippen molar-refractivity contribution in [2.75, 3.05) is 0 Å². The molecule has 3 heteroatoms. The monoisotopic (exact) mass is 209 g/mol. The molecule has 2 rings (SSSR count). The van der Waals surface area contributed by atoms with Crippen LogP contribution in [0, 0.1) is 0 Å². The summed E-state index contributed by atoms with van der Waals surface area (Å²) < 4.78 is 5.28. The summed E-state index contributed by atoms with van der Waals surface area (Å²) in [5, 5.41) is 0. The second-order valence-corrected chi connectivity index (χ2v) is 2.88. The van der Waals surface area contributed by atoms with Gasteiger partial charge < -0.3 is 10.2 Å². The molecule has 2 aromatic rings. The molecule has 1 heterocycles. The number of halogens is 1. The maximum atomic E-state index is 5.54. The average Bonchev–Trinajstić information content (AvgIpc) is 2.71. The van der Waals surface area contributed by atoms with Gasteiger partial charge in [0.15, 0.2) is 0 Å². The Balaban J connectivity index is 0.000000980. The van der Waals surface area contributed by atoms with E-state index < -0.39 is 0 Å². The standard InChI is InChI=1S/C11H11NO.ClH/c12-8-9-3-1-4-10(7-9)11-5-2-6-13-11;/h1-7H,8,12H2;1H. The van der Waals surface area contributed by atoms with Gasteiger partial charge in [0, 0.05) is 12.1 Å². The number of rotatable bonds is 2. The molecule has 0 saturated heterocycles. The largest absolute Gasteiger partial charge is 0.464 e. The Morgan fingerprint density at radius 1 is 1.14 bits per heavy atom. The zero-order valence-electron chi connectivity index (χ0n) is 7.64. The van der Waals surface area contributed by atoms with Crippen LogP contribution in [0.2, 0.25) is 0 Å². The summed E-state index contributed by atoms with van der Waals surface area (Å²) in [6.45, 7) is 0.564. The van der Waals surface area contributed by atoms with Gasteiger partial charge in [0.25, 0.3) is 0 Å². The van der Waals surface area contributed by atoms with Gasteiger partial charge in [0.1, 0.15) is 5.76 Å². The number of nitrogens with two attached hydrogens (primary N) is 1. The lowest BCUT2D eigenvalue weighted by atomic mass is 10.1. The predicted octanol–water partition coefficient (Wildman–Crippen LogP) is 2.83. The second kappa shape index (κ2) is 4.84. The van der Waals surface area contributed by atoms with Crippen LogP contribution < -0.4 is 5.73 Å². The van der Waals surface area contributed by atoms with E-state index in [9.17, 15) is 0 Å². The lowest BCUT2D eigenvalue weighted by molar-refractivity contribution is 0.582. The van der Waals surface area contributed by atoms with E-state index in [1.54, 1.807) is 6.26 Å². The summed E-state index contributed by atoms with van der Waals surface area (Å²) in [6, 6.07) is 11.9. The molecule has 0 unspecified atom stereocenters. The van der Waals surface area contributed by atoms with Crippen LogP contribution in [0.3, 0.4) is 0 Å². The minimum absolute atomic E-state index is 0. The highest BCUT2D eigenvalue weighted by atomic mass is 35.5. The number of hydrogen-bond donors (Lipinski definition) is 1. The first-order chi connectivity index (χ1) is 6.40. The Labute approximate surface area is 89.1 Å². The topological polar surface area (TPSA) is 39.2 Å². The van der Waals surface area contributed by atoms with E-state index in [-0.39, 0.29) is 12.4 Å². The van der Waals surface area contributed by atoms with Gasteiger partial charge in [-0.05, 0) is 23.8 Å². The van der Waals surface area contributed by atoms with Crippen molar-refractivity contribution in [3.63, 3.8) is 0 Å². The van der Waals surface area contributed by atoms with Gasteiger partial charge in [0.2, 0.25) is 0 Å². The molecular formula is C11H12ClNO. The highest BCUT2D eigenvalue weighted by Crippen LogP contribution is 2.20. The van der Waals surface area contributed by atoms with Crippen LogP contribution in [0.4, 0.5) is 0 Å². The Morgan fingerprint density at radius 2 is 2.00 bits per heavy atom. The lowest BCUT2D eigenvalue weighted by Gasteiger charge is -1.99. The molecule has 2 N–H and O–H groups in total. The van der Waals surface area contributed by atoms with Crippen molar-refractivity contribution in [3.8, 4) is 11.3 Å². The number of furan rings is 1. The predicted molar refractivity (Wildman–Crippen MR) is 59.3 cm³/mol. The molecule has 1 aromatic carbocycles. The van der Waals surface area contributed by atoms with Crippen LogP contribution in [-0.2, 0) is 6.54 Å². The minimum Gasteiger partial charge on any atom is -0.464 e. The lowest BCUT2D eigenvalue weighted by Crippen LogP contribution is -1.95. The summed E-state index contributed by atoms with van der Waals surface area (Å²) in [5.41, 5.74) is 7.74. The van der Waals surface area contributed by atoms with Gasteiger partial charge in [0.05, 0.1) is 6.26 Å². The SMILES string of the molecule is Cl.NCc1cccc(-c2ccco2)c1. The van der Waals surface area contributed by atoms with Crippen LogP contribution in [0.5, 0.6) is 0 Å². The van der Waals surface area contributed by atoms with E-state index in [4.69, 9.17) is 10.2 Å². The third kappa shape index (κ3) is 2.16. The smallest absolute Gasteiger partial charge is 0.133 e. The van der Waals surface area contributed by atoms with Gasteiger partial charge in [-0.2, -0.15) is 0 Å². The van der Waals surface area contributed by atoms with E-state index in [1.165, 1.54) is 0 Å². The molecule has 0 fully saturated rings. The summed E-state index contributed by atoms with van der Waals surface area (Å²) in [5.74, 6) is 0.885. The van der Waals surface area contributed by atoms with Gasteiger partial charge >= 0.3 is 0 Å². The summed E-state index contributed by atoms with van der Waals surface area (Å²) in [7, 11) is 0. The summed E-state index contributed by atoms with van der Waals surface area (Å²) >= 11 is 0. The van der Waals surface area contributed by atoms with E-state index in [2.05, 4.69) is 0 Å². The van der Waals surface area contributed by atoms with Crippen molar-refractivity contribution < 1.29 is 4.42 Å². The molecule has 0 radical (unpaired) electrons. The molecule has 1 aromatic heterocycles. The van der Waals surface area contributed by atoms with Crippen molar-refractivity contribution in [1.82, 2.24) is 0 Å². The second-order valence-electron chi connectivity index (χ2n) is 2.88. The van der Waals surface area contributed by atoms with E-state index in [0.29, 0.717) is 6.54 Å². The van der Waals surface area contributed by atoms with Gasteiger partial charge in [-0.15, -0.1) is 12.4 Å². The third-order valence-electron chi connectivity index (χ3n) is 1.97. The molecule has 0 bridgehead atoms. The molecule has 74 valence electrons. The summed E-state index contributed by atoms with van der Waals surface area (Å²) in [4.78, 5) is 0. The molecule has 0 spiro atoms. The molecule has 0 aliphatic carbocycles. The first-order valence-electron chi connectivity index (χ1n) is 4.23. The zero-order valence-corrected chi connectivity index (χ0v) is 8.46. The molecule has 14 heavy (non-hydrogen) atoms. The van der Waals surface area contributed by atoms with Crippen LogP contribution in [0.25, 0.3) is 11.3 Å². The Bertz CT molecular complexity index is 384. The van der Waals surface area contributed by atoms with Gasteiger partial charge in [-0.3, -0.25) is 0 Å². The zero-order chi connectivity index (χ0) is 9.10. The fourth-order valence-electron chi connectivity index (χ4n) is 1.29. The van der Waals surface area contributed by atoms with E-state index in [1.807, 2.05) is 36.4 Å². The fraction of sp³-hybridized carbons (Fsp3) is 0.0909. The molecule has 0 atom stereocenters. The molecule has 0 aliphatic heterocycles. The van der Waals surface area contributed by atoms with E-state index >= 15 is 0 Å². The van der Waals surface area contributed by atoms with Gasteiger partial charge in [-0.25, -0.2) is 0 Å². The van der Waals surface area contributed by atoms with Gasteiger partial charge in [-0.1, -0.05) is 18.2 Å². The quantitative estimate of drug-likeness (QED) is 0.826. The van der Waals surface area contributed by atoms with E-state index in [0.717, 1.165) is 16.9 Å². The molecule has 0 amide bonds. The number of hydrogen-bond acceptors (Lipinski definition) is 2. The van der Waals surface area contributed by atoms with Crippen molar-refractivity contribution in [2.24, 2.45) is 5.73 Å². The maximum absolute atomic E-state index is 5.54. The van der Waals surface area contributed by atoms with Crippen LogP contribution in [-0.4, -0.2) is 0 Å². The maximum Gasteiger partial charge on any atom is 0.133 e. The Hall–Kier alpha value is -1.25. The Morgan fingerprint density at radius 3 is 2.64 bits per heavy atom. The fourth-order valence-corrected chi connectivity index (χ4v) is 1.29.